The molecule has 176 valence electrons. The zero-order chi connectivity index (χ0) is 25.0. The number of hydrogen-bond acceptors (Lipinski definition) is 7. The van der Waals surface area contributed by atoms with Gasteiger partial charge in [0, 0.05) is 10.4 Å². The summed E-state index contributed by atoms with van der Waals surface area (Å²) in [6.45, 7) is 0. The van der Waals surface area contributed by atoms with Crippen molar-refractivity contribution in [1.82, 2.24) is 4.98 Å². The molecule has 0 saturated carbocycles. The molecule has 0 spiro atoms. The molecule has 2 N–H and O–H groups in total. The van der Waals surface area contributed by atoms with Crippen molar-refractivity contribution >= 4 is 72.2 Å². The van der Waals surface area contributed by atoms with Crippen LogP contribution in [0.5, 0.6) is 0 Å². The van der Waals surface area contributed by atoms with Crippen LogP contribution in [0.25, 0.3) is 26.7 Å². The lowest BCUT2D eigenvalue weighted by molar-refractivity contribution is -0.132. The Balaban J connectivity index is 1.53. The number of anilines is 1. The van der Waals surface area contributed by atoms with E-state index in [4.69, 9.17) is 0 Å². The smallest absolute Gasteiger partial charge is 0.335 e. The van der Waals surface area contributed by atoms with Crippen LogP contribution in [0.1, 0.15) is 26.8 Å². The first-order chi connectivity index (χ1) is 17.4. The number of amides is 1. The molecule has 36 heavy (non-hydrogen) atoms. The molecule has 3 heterocycles. The monoisotopic (exact) mass is 512 g/mol. The van der Waals surface area contributed by atoms with Gasteiger partial charge in [-0.1, -0.05) is 53.8 Å². The topological polar surface area (TPSA) is 108 Å². The summed E-state index contributed by atoms with van der Waals surface area (Å²) in [6, 6.07) is 20.3. The van der Waals surface area contributed by atoms with E-state index in [0.29, 0.717) is 20.7 Å². The van der Waals surface area contributed by atoms with E-state index in [1.165, 1.54) is 28.4 Å². The zero-order valence-corrected chi connectivity index (χ0v) is 20.0. The summed E-state index contributed by atoms with van der Waals surface area (Å²) in [4.78, 5) is 44.6. The number of ketones is 1. The van der Waals surface area contributed by atoms with Gasteiger partial charge in [-0.25, -0.2) is 9.78 Å². The number of carbonyl (C=O) groups excluding carboxylic acids is 2. The van der Waals surface area contributed by atoms with Gasteiger partial charge in [-0.15, -0.1) is 11.3 Å². The molecule has 6 rings (SSSR count). The highest BCUT2D eigenvalue weighted by Crippen LogP contribution is 2.45. The van der Waals surface area contributed by atoms with E-state index in [0.717, 1.165) is 22.1 Å². The summed E-state index contributed by atoms with van der Waals surface area (Å²) in [5, 5.41) is 24.6. The lowest BCUT2D eigenvalue weighted by atomic mass is 9.98. The summed E-state index contributed by atoms with van der Waals surface area (Å²) in [6.07, 6.45) is 0. The molecular formula is C27H16N2O5S2. The Bertz CT molecular complexity index is 1740. The number of carboxylic acid groups (broad SMARTS) is 1. The first-order valence-electron chi connectivity index (χ1n) is 10.9. The summed E-state index contributed by atoms with van der Waals surface area (Å²) >= 11 is 2.49. The predicted molar refractivity (Wildman–Crippen MR) is 140 cm³/mol. The van der Waals surface area contributed by atoms with Crippen molar-refractivity contribution in [2.24, 2.45) is 0 Å². The molecule has 0 bridgehead atoms. The number of hydrogen-bond donors (Lipinski definition) is 2. The molecule has 1 unspecified atom stereocenters. The molecule has 7 nitrogen and oxygen atoms in total. The molecule has 5 aromatic rings. The number of nitrogens with zero attached hydrogens (tertiary/aromatic N) is 2. The number of carbonyl (C=O) groups is 3. The van der Waals surface area contributed by atoms with Crippen molar-refractivity contribution < 1.29 is 24.6 Å². The maximum atomic E-state index is 13.3. The first-order valence-corrected chi connectivity index (χ1v) is 12.6. The molecule has 1 aliphatic rings. The highest BCUT2D eigenvalue weighted by atomic mass is 32.1. The molecular weight excluding hydrogens is 496 g/mol. The van der Waals surface area contributed by atoms with Gasteiger partial charge >= 0.3 is 11.9 Å². The molecule has 0 radical (unpaired) electrons. The number of carboxylic acids is 1. The highest BCUT2D eigenvalue weighted by Gasteiger charge is 2.48. The Morgan fingerprint density at radius 3 is 2.42 bits per heavy atom. The van der Waals surface area contributed by atoms with Gasteiger partial charge in [-0.2, -0.15) is 0 Å². The molecule has 2 aromatic heterocycles. The average molecular weight is 513 g/mol. The number of aliphatic hydroxyl groups is 1. The summed E-state index contributed by atoms with van der Waals surface area (Å²) in [5.41, 5.74) is 1.04. The molecule has 1 atom stereocenters. The largest absolute Gasteiger partial charge is 0.507 e. The molecule has 0 aliphatic carbocycles. The summed E-state index contributed by atoms with van der Waals surface area (Å²) < 4.78 is 0.575. The van der Waals surface area contributed by atoms with Gasteiger partial charge in [0.15, 0.2) is 5.13 Å². The number of rotatable bonds is 4. The molecule has 1 saturated heterocycles. The third kappa shape index (κ3) is 3.48. The second-order valence-corrected chi connectivity index (χ2v) is 10.2. The first kappa shape index (κ1) is 22.1. The van der Waals surface area contributed by atoms with Gasteiger partial charge in [0.1, 0.15) is 11.8 Å². The zero-order valence-electron chi connectivity index (χ0n) is 18.4. The molecule has 9 heteroatoms. The van der Waals surface area contributed by atoms with Crippen LogP contribution in [0.3, 0.4) is 0 Å². The quantitative estimate of drug-likeness (QED) is 0.178. The van der Waals surface area contributed by atoms with Crippen LogP contribution in [0.15, 0.2) is 83.7 Å². The maximum Gasteiger partial charge on any atom is 0.335 e. The molecule has 1 amide bonds. The Morgan fingerprint density at radius 1 is 0.889 bits per heavy atom. The van der Waals surface area contributed by atoms with Gasteiger partial charge in [-0.3, -0.25) is 14.5 Å². The fourth-order valence-electron chi connectivity index (χ4n) is 4.39. The third-order valence-corrected chi connectivity index (χ3v) is 8.05. The third-order valence-electron chi connectivity index (χ3n) is 6.11. The van der Waals surface area contributed by atoms with Crippen LogP contribution in [-0.4, -0.2) is 32.9 Å². The number of Topliss-reactive ketones (excluding diaryl/α,β-unsaturated/α-hetero) is 1. The average Bonchev–Trinajstić information content (AvgIpc) is 3.61. The normalized spacial score (nSPS) is 17.3. The minimum atomic E-state index is -1.07. The molecule has 1 aliphatic heterocycles. The van der Waals surface area contributed by atoms with Crippen molar-refractivity contribution in [3.05, 3.63) is 99.8 Å². The van der Waals surface area contributed by atoms with Crippen LogP contribution in [0, 0.1) is 0 Å². The van der Waals surface area contributed by atoms with Crippen molar-refractivity contribution in [2.75, 3.05) is 4.90 Å². The standard InChI is InChI=1S/C27H16N2O5S2/c30-23(16-8-7-14-4-1-2-5-15(14)12-16)21-22(19-6-3-11-35-19)29(25(32)24(21)31)27-28-18-10-9-17(26(33)34)13-20(18)36-27/h1-13,22,30H,(H,33,34)/b23-21+. The van der Waals surface area contributed by atoms with Crippen LogP contribution < -0.4 is 4.90 Å². The van der Waals surface area contributed by atoms with Crippen LogP contribution in [-0.2, 0) is 9.59 Å². The fourth-order valence-corrected chi connectivity index (χ4v) is 6.24. The van der Waals surface area contributed by atoms with Crippen LogP contribution in [0.2, 0.25) is 0 Å². The van der Waals surface area contributed by atoms with Crippen LogP contribution in [0.4, 0.5) is 5.13 Å². The lowest BCUT2D eigenvalue weighted by Crippen LogP contribution is -2.28. The SMILES string of the molecule is O=C1C(=O)N(c2nc3ccc(C(=O)O)cc3s2)C(c2cccs2)/C1=C(\O)c1ccc2ccccc2c1. The summed E-state index contributed by atoms with van der Waals surface area (Å²) in [7, 11) is 0. The van der Waals surface area contributed by atoms with Gasteiger partial charge in [0.05, 0.1) is 21.4 Å². The minimum absolute atomic E-state index is 0.0109. The lowest BCUT2D eigenvalue weighted by Gasteiger charge is -2.21. The number of fused-ring (bicyclic) bond motifs is 2. The number of thiophene rings is 1. The number of aliphatic hydroxyl groups excluding tert-OH is 1. The van der Waals surface area contributed by atoms with Crippen molar-refractivity contribution in [2.45, 2.75) is 6.04 Å². The minimum Gasteiger partial charge on any atom is -0.507 e. The van der Waals surface area contributed by atoms with Crippen molar-refractivity contribution in [3.8, 4) is 0 Å². The number of thiazole rings is 1. The van der Waals surface area contributed by atoms with Gasteiger partial charge in [-0.05, 0) is 46.5 Å². The van der Waals surface area contributed by atoms with Crippen molar-refractivity contribution in [1.29, 1.82) is 0 Å². The molecule has 1 fully saturated rings. The van der Waals surface area contributed by atoms with E-state index in [-0.39, 0.29) is 22.0 Å². The van der Waals surface area contributed by atoms with E-state index in [1.54, 1.807) is 24.3 Å². The Labute approximate surface area is 212 Å². The van der Waals surface area contributed by atoms with E-state index in [9.17, 15) is 24.6 Å². The second-order valence-electron chi connectivity index (χ2n) is 8.23. The van der Waals surface area contributed by atoms with E-state index >= 15 is 0 Å². The number of aromatic carboxylic acids is 1. The van der Waals surface area contributed by atoms with Crippen molar-refractivity contribution in [3.63, 3.8) is 0 Å². The van der Waals surface area contributed by atoms with Crippen LogP contribution >= 0.6 is 22.7 Å². The number of benzene rings is 3. The maximum absolute atomic E-state index is 13.3. The van der Waals surface area contributed by atoms with E-state index in [2.05, 4.69) is 4.98 Å². The Morgan fingerprint density at radius 2 is 1.67 bits per heavy atom. The Hall–Kier alpha value is -4.34. The highest BCUT2D eigenvalue weighted by molar-refractivity contribution is 7.22. The number of aromatic nitrogens is 1. The summed E-state index contributed by atoms with van der Waals surface area (Å²) in [5.74, 6) is -2.92. The van der Waals surface area contributed by atoms with E-state index < -0.39 is 23.7 Å². The predicted octanol–water partition coefficient (Wildman–Crippen LogP) is 5.84. The van der Waals surface area contributed by atoms with Gasteiger partial charge in [0.25, 0.3) is 5.78 Å². The second kappa shape index (κ2) is 8.40. The fraction of sp³-hybridized carbons (Fsp3) is 0.0370. The van der Waals surface area contributed by atoms with Gasteiger partial charge in [0.2, 0.25) is 0 Å². The van der Waals surface area contributed by atoms with Gasteiger partial charge < -0.3 is 10.2 Å². The van der Waals surface area contributed by atoms with E-state index in [1.807, 2.05) is 41.8 Å². The molecule has 3 aromatic carbocycles. The Kier molecular flexibility index (Phi) is 5.17.